The van der Waals surface area contributed by atoms with Gasteiger partial charge in [-0.1, -0.05) is 43.6 Å². The Labute approximate surface area is 114 Å². The summed E-state index contributed by atoms with van der Waals surface area (Å²) in [5.41, 5.74) is 1.22. The van der Waals surface area contributed by atoms with E-state index in [2.05, 4.69) is 65.7 Å². The maximum absolute atomic E-state index is 4.68. The number of nitrogens with zero attached hydrogens (tertiary/aromatic N) is 2. The van der Waals surface area contributed by atoms with Crippen LogP contribution in [0.15, 0.2) is 12.3 Å². The second-order valence-corrected chi connectivity index (χ2v) is 6.23. The van der Waals surface area contributed by atoms with Gasteiger partial charge in [-0.25, -0.2) is 0 Å². The van der Waals surface area contributed by atoms with Gasteiger partial charge in [-0.2, -0.15) is 5.10 Å². The summed E-state index contributed by atoms with van der Waals surface area (Å²) >= 11 is 3.73. The van der Waals surface area contributed by atoms with Crippen molar-refractivity contribution in [2.75, 3.05) is 0 Å². The number of hydrogen-bond acceptors (Lipinski definition) is 1. The largest absolute Gasteiger partial charge is 0.269 e. The van der Waals surface area contributed by atoms with Crippen LogP contribution in [0, 0.1) is 5.92 Å². The van der Waals surface area contributed by atoms with Gasteiger partial charge < -0.3 is 0 Å². The molecule has 98 valence electrons. The minimum Gasteiger partial charge on any atom is -0.269 e. The lowest BCUT2D eigenvalue weighted by atomic mass is 10.1. The molecule has 0 N–H and O–H groups in total. The summed E-state index contributed by atoms with van der Waals surface area (Å²) in [6, 6.07) is 2.73. The number of aromatic nitrogens is 2. The third kappa shape index (κ3) is 4.46. The first kappa shape index (κ1) is 14.7. The maximum Gasteiger partial charge on any atom is 0.0625 e. The zero-order chi connectivity index (χ0) is 12.8. The first-order chi connectivity index (χ1) is 8.08. The second-order valence-electron chi connectivity index (χ2n) is 5.06. The SMILES string of the molecule is CCC(CC)n1ccc(CCC(Br)C(C)C)n1. The van der Waals surface area contributed by atoms with Crippen LogP contribution in [0.5, 0.6) is 0 Å². The van der Waals surface area contributed by atoms with Gasteiger partial charge in [0.15, 0.2) is 0 Å². The van der Waals surface area contributed by atoms with Crippen molar-refractivity contribution < 1.29 is 0 Å². The molecule has 1 aromatic heterocycles. The first-order valence-corrected chi connectivity index (χ1v) is 7.68. The van der Waals surface area contributed by atoms with Gasteiger partial charge in [0.25, 0.3) is 0 Å². The molecule has 0 saturated carbocycles. The fraction of sp³-hybridized carbons (Fsp3) is 0.786. The van der Waals surface area contributed by atoms with E-state index in [1.165, 1.54) is 5.69 Å². The van der Waals surface area contributed by atoms with E-state index in [0.717, 1.165) is 25.7 Å². The summed E-state index contributed by atoms with van der Waals surface area (Å²) in [4.78, 5) is 0.598. The van der Waals surface area contributed by atoms with Crippen LogP contribution in [0.3, 0.4) is 0 Å². The van der Waals surface area contributed by atoms with Crippen molar-refractivity contribution >= 4 is 15.9 Å². The van der Waals surface area contributed by atoms with E-state index in [1.54, 1.807) is 0 Å². The Morgan fingerprint density at radius 1 is 1.29 bits per heavy atom. The lowest BCUT2D eigenvalue weighted by Gasteiger charge is -2.13. The van der Waals surface area contributed by atoms with Crippen LogP contribution in [-0.4, -0.2) is 14.6 Å². The molecule has 1 aromatic rings. The smallest absolute Gasteiger partial charge is 0.0625 e. The van der Waals surface area contributed by atoms with Crippen LogP contribution in [0.1, 0.15) is 58.7 Å². The van der Waals surface area contributed by atoms with E-state index in [4.69, 9.17) is 0 Å². The van der Waals surface area contributed by atoms with E-state index >= 15 is 0 Å². The van der Waals surface area contributed by atoms with E-state index < -0.39 is 0 Å². The number of halogens is 1. The molecule has 1 rings (SSSR count). The van der Waals surface area contributed by atoms with Gasteiger partial charge in [0.05, 0.1) is 11.7 Å². The molecular weight excluding hydrogens is 276 g/mol. The molecule has 0 fully saturated rings. The first-order valence-electron chi connectivity index (χ1n) is 6.76. The molecule has 1 atom stereocenters. The van der Waals surface area contributed by atoms with Gasteiger partial charge in [-0.3, -0.25) is 4.68 Å². The Morgan fingerprint density at radius 3 is 2.47 bits per heavy atom. The standard InChI is InChI=1S/C14H25BrN2/c1-5-13(6-2)17-10-9-12(16-17)7-8-14(15)11(3)4/h9-11,13-14H,5-8H2,1-4H3. The molecule has 17 heavy (non-hydrogen) atoms. The van der Waals surface area contributed by atoms with E-state index in [-0.39, 0.29) is 0 Å². The average molecular weight is 301 g/mol. The Balaban J connectivity index is 2.51. The van der Waals surface area contributed by atoms with E-state index in [9.17, 15) is 0 Å². The van der Waals surface area contributed by atoms with Crippen molar-refractivity contribution in [1.82, 2.24) is 9.78 Å². The van der Waals surface area contributed by atoms with Gasteiger partial charge in [0.1, 0.15) is 0 Å². The lowest BCUT2D eigenvalue weighted by molar-refractivity contribution is 0.424. The van der Waals surface area contributed by atoms with Crippen LogP contribution < -0.4 is 0 Å². The average Bonchev–Trinajstić information content (AvgIpc) is 2.76. The zero-order valence-corrected chi connectivity index (χ0v) is 13.1. The van der Waals surface area contributed by atoms with Gasteiger partial charge in [0, 0.05) is 11.0 Å². The normalized spacial score (nSPS) is 13.6. The minimum absolute atomic E-state index is 0.564. The molecule has 0 amide bonds. The van der Waals surface area contributed by atoms with E-state index in [1.807, 2.05) is 0 Å². The Bertz CT molecular complexity index is 316. The highest BCUT2D eigenvalue weighted by Gasteiger charge is 2.11. The highest BCUT2D eigenvalue weighted by molar-refractivity contribution is 9.09. The fourth-order valence-corrected chi connectivity index (χ4v) is 2.22. The number of hydrogen-bond donors (Lipinski definition) is 0. The minimum atomic E-state index is 0.564. The van der Waals surface area contributed by atoms with Crippen molar-refractivity contribution in [3.05, 3.63) is 18.0 Å². The number of alkyl halides is 1. The summed E-state index contributed by atoms with van der Waals surface area (Å²) < 4.78 is 2.13. The molecule has 3 heteroatoms. The maximum atomic E-state index is 4.68. The lowest BCUT2D eigenvalue weighted by Crippen LogP contribution is -2.10. The predicted octanol–water partition coefficient (Wildman–Crippen LogP) is 4.60. The van der Waals surface area contributed by atoms with Gasteiger partial charge in [0.2, 0.25) is 0 Å². The van der Waals surface area contributed by atoms with Crippen LogP contribution in [0.4, 0.5) is 0 Å². The molecule has 0 saturated heterocycles. The third-order valence-corrected chi connectivity index (χ3v) is 4.89. The Kier molecular flexibility index (Phi) is 6.24. The molecule has 0 aliphatic carbocycles. The summed E-state index contributed by atoms with van der Waals surface area (Å²) in [6.07, 6.45) is 6.68. The highest BCUT2D eigenvalue weighted by atomic mass is 79.9. The molecule has 0 aliphatic heterocycles. The number of aryl methyl sites for hydroxylation is 1. The molecule has 0 bridgehead atoms. The molecule has 1 heterocycles. The second kappa shape index (κ2) is 7.20. The summed E-state index contributed by atoms with van der Waals surface area (Å²) in [5.74, 6) is 0.691. The molecule has 0 aliphatic rings. The summed E-state index contributed by atoms with van der Waals surface area (Å²) in [5, 5.41) is 4.68. The van der Waals surface area contributed by atoms with Crippen molar-refractivity contribution in [3.63, 3.8) is 0 Å². The fourth-order valence-electron chi connectivity index (χ4n) is 2.00. The third-order valence-electron chi connectivity index (χ3n) is 3.38. The van der Waals surface area contributed by atoms with Crippen LogP contribution >= 0.6 is 15.9 Å². The Hall–Kier alpha value is -0.310. The molecule has 0 aromatic carbocycles. The zero-order valence-electron chi connectivity index (χ0n) is 11.5. The summed E-state index contributed by atoms with van der Waals surface area (Å²) in [6.45, 7) is 8.95. The molecule has 2 nitrogen and oxygen atoms in total. The molecule has 0 spiro atoms. The van der Waals surface area contributed by atoms with Gasteiger partial charge in [-0.05, 0) is 37.7 Å². The van der Waals surface area contributed by atoms with Crippen molar-refractivity contribution in [2.24, 2.45) is 5.92 Å². The van der Waals surface area contributed by atoms with Crippen LogP contribution in [0.25, 0.3) is 0 Å². The van der Waals surface area contributed by atoms with Crippen LogP contribution in [-0.2, 0) is 6.42 Å². The van der Waals surface area contributed by atoms with Crippen LogP contribution in [0.2, 0.25) is 0 Å². The Morgan fingerprint density at radius 2 is 1.94 bits per heavy atom. The van der Waals surface area contributed by atoms with Gasteiger partial charge >= 0.3 is 0 Å². The number of rotatable bonds is 7. The topological polar surface area (TPSA) is 17.8 Å². The highest BCUT2D eigenvalue weighted by Crippen LogP contribution is 2.19. The quantitative estimate of drug-likeness (QED) is 0.673. The van der Waals surface area contributed by atoms with Crippen molar-refractivity contribution in [3.8, 4) is 0 Å². The molecular formula is C14H25BrN2. The summed E-state index contributed by atoms with van der Waals surface area (Å²) in [7, 11) is 0. The monoisotopic (exact) mass is 300 g/mol. The molecule has 1 unspecified atom stereocenters. The molecule has 0 radical (unpaired) electrons. The van der Waals surface area contributed by atoms with Gasteiger partial charge in [-0.15, -0.1) is 0 Å². The predicted molar refractivity (Wildman–Crippen MR) is 77.7 cm³/mol. The van der Waals surface area contributed by atoms with E-state index in [0.29, 0.717) is 16.8 Å². The van der Waals surface area contributed by atoms with Crippen molar-refractivity contribution in [2.45, 2.75) is 64.2 Å². The van der Waals surface area contributed by atoms with Crippen molar-refractivity contribution in [1.29, 1.82) is 0 Å².